The normalized spacial score (nSPS) is 23.2. The van der Waals surface area contributed by atoms with Crippen molar-refractivity contribution in [3.63, 3.8) is 0 Å². The number of fused-ring (bicyclic) bond motifs is 2. The average molecular weight is 325 g/mol. The van der Waals surface area contributed by atoms with Crippen LogP contribution < -0.4 is 4.90 Å². The minimum Gasteiger partial charge on any atom is -0.378 e. The van der Waals surface area contributed by atoms with Gasteiger partial charge in [-0.05, 0) is 60.4 Å². The SMILES string of the molecule is CN(C)c1ccc(C2=NC(=O)C3C(=N2)SC2=C3CCCC2)cc1. The van der Waals surface area contributed by atoms with Gasteiger partial charge < -0.3 is 4.90 Å². The molecule has 3 aliphatic rings. The molecule has 1 atom stereocenters. The maximum Gasteiger partial charge on any atom is 0.261 e. The Morgan fingerprint density at radius 2 is 1.83 bits per heavy atom. The van der Waals surface area contributed by atoms with Crippen molar-refractivity contribution in [1.29, 1.82) is 0 Å². The van der Waals surface area contributed by atoms with Gasteiger partial charge >= 0.3 is 0 Å². The Labute approximate surface area is 140 Å². The van der Waals surface area contributed by atoms with Crippen LogP contribution in [-0.2, 0) is 4.79 Å². The van der Waals surface area contributed by atoms with Crippen molar-refractivity contribution in [3.05, 3.63) is 40.3 Å². The highest BCUT2D eigenvalue weighted by atomic mass is 32.2. The van der Waals surface area contributed by atoms with Crippen LogP contribution in [0.5, 0.6) is 0 Å². The number of amides is 1. The molecule has 2 heterocycles. The van der Waals surface area contributed by atoms with Crippen molar-refractivity contribution in [1.82, 2.24) is 0 Å². The summed E-state index contributed by atoms with van der Waals surface area (Å²) in [5, 5.41) is 0.934. The molecule has 1 unspecified atom stereocenters. The number of anilines is 1. The number of carbonyl (C=O) groups is 1. The van der Waals surface area contributed by atoms with E-state index in [4.69, 9.17) is 4.99 Å². The first-order valence-electron chi connectivity index (χ1n) is 8.02. The molecule has 0 N–H and O–H groups in total. The smallest absolute Gasteiger partial charge is 0.261 e. The molecule has 23 heavy (non-hydrogen) atoms. The molecule has 0 fully saturated rings. The zero-order valence-electron chi connectivity index (χ0n) is 13.4. The first kappa shape index (κ1) is 14.7. The maximum atomic E-state index is 12.6. The predicted octanol–water partition coefficient (Wildman–Crippen LogP) is 3.63. The topological polar surface area (TPSA) is 45.0 Å². The second kappa shape index (κ2) is 5.64. The molecule has 0 radical (unpaired) electrons. The molecule has 0 spiro atoms. The van der Waals surface area contributed by atoms with Crippen LogP contribution >= 0.6 is 11.8 Å². The Hall–Kier alpha value is -1.88. The largest absolute Gasteiger partial charge is 0.378 e. The predicted molar refractivity (Wildman–Crippen MR) is 96.3 cm³/mol. The number of nitrogens with zero attached hydrogens (tertiary/aromatic N) is 3. The Bertz CT molecular complexity index is 759. The van der Waals surface area contributed by atoms with Crippen LogP contribution in [0.2, 0.25) is 0 Å². The molecular weight excluding hydrogens is 306 g/mol. The van der Waals surface area contributed by atoms with E-state index in [-0.39, 0.29) is 11.8 Å². The molecule has 1 amide bonds. The van der Waals surface area contributed by atoms with E-state index in [1.807, 2.05) is 43.3 Å². The summed E-state index contributed by atoms with van der Waals surface area (Å²) in [7, 11) is 4.01. The fraction of sp³-hybridized carbons (Fsp3) is 0.389. The zero-order valence-corrected chi connectivity index (χ0v) is 14.2. The number of carbonyl (C=O) groups excluding carboxylic acids is 1. The van der Waals surface area contributed by atoms with Gasteiger partial charge in [0.1, 0.15) is 5.92 Å². The van der Waals surface area contributed by atoms with Crippen LogP contribution in [0.4, 0.5) is 5.69 Å². The third-order valence-corrected chi connectivity index (χ3v) is 5.85. The van der Waals surface area contributed by atoms with Gasteiger partial charge in [0.2, 0.25) is 0 Å². The second-order valence-corrected chi connectivity index (χ2v) is 7.47. The molecule has 0 saturated carbocycles. The summed E-state index contributed by atoms with van der Waals surface area (Å²) in [5.74, 6) is 0.333. The molecule has 5 heteroatoms. The molecule has 0 saturated heterocycles. The monoisotopic (exact) mass is 325 g/mol. The maximum absolute atomic E-state index is 12.6. The highest BCUT2D eigenvalue weighted by Crippen LogP contribution is 2.47. The lowest BCUT2D eigenvalue weighted by Crippen LogP contribution is -2.26. The van der Waals surface area contributed by atoms with Crippen LogP contribution in [0.25, 0.3) is 0 Å². The van der Waals surface area contributed by atoms with Crippen molar-refractivity contribution >= 4 is 34.2 Å². The van der Waals surface area contributed by atoms with E-state index in [9.17, 15) is 4.79 Å². The fourth-order valence-electron chi connectivity index (χ4n) is 3.34. The van der Waals surface area contributed by atoms with Gasteiger partial charge in [0.15, 0.2) is 5.84 Å². The van der Waals surface area contributed by atoms with E-state index in [1.54, 1.807) is 11.8 Å². The van der Waals surface area contributed by atoms with Crippen molar-refractivity contribution in [2.45, 2.75) is 25.7 Å². The molecule has 1 aliphatic carbocycles. The van der Waals surface area contributed by atoms with Crippen molar-refractivity contribution in [2.24, 2.45) is 15.9 Å². The lowest BCUT2D eigenvalue weighted by atomic mass is 9.89. The Kier molecular flexibility index (Phi) is 3.60. The van der Waals surface area contributed by atoms with E-state index in [2.05, 4.69) is 4.99 Å². The molecular formula is C18H19N3OS. The lowest BCUT2D eigenvalue weighted by molar-refractivity contribution is -0.118. The van der Waals surface area contributed by atoms with Crippen LogP contribution in [0, 0.1) is 5.92 Å². The van der Waals surface area contributed by atoms with E-state index < -0.39 is 0 Å². The van der Waals surface area contributed by atoms with Crippen molar-refractivity contribution in [2.75, 3.05) is 19.0 Å². The van der Waals surface area contributed by atoms with Gasteiger partial charge in [-0.1, -0.05) is 11.8 Å². The van der Waals surface area contributed by atoms with E-state index >= 15 is 0 Å². The number of rotatable bonds is 2. The summed E-state index contributed by atoms with van der Waals surface area (Å²) < 4.78 is 0. The van der Waals surface area contributed by atoms with Gasteiger partial charge in [-0.3, -0.25) is 4.79 Å². The fourth-order valence-corrected chi connectivity index (χ4v) is 4.68. The number of aliphatic imine (C=N–C) groups is 2. The number of benzene rings is 1. The molecule has 4 nitrogen and oxygen atoms in total. The summed E-state index contributed by atoms with van der Waals surface area (Å²) in [6.45, 7) is 0. The summed E-state index contributed by atoms with van der Waals surface area (Å²) in [5.41, 5.74) is 3.31. The Morgan fingerprint density at radius 3 is 2.57 bits per heavy atom. The van der Waals surface area contributed by atoms with Gasteiger partial charge in [-0.15, -0.1) is 0 Å². The standard InChI is InChI=1S/C18H19N3OS/c1-21(2)12-9-7-11(8-10-12)16-19-17(22)15-13-5-3-4-6-14(13)23-18(15)20-16/h7-10,15H,3-6H2,1-2H3. The average Bonchev–Trinajstić information content (AvgIpc) is 2.93. The zero-order chi connectivity index (χ0) is 16.0. The van der Waals surface area contributed by atoms with E-state index in [1.165, 1.54) is 23.3 Å². The quantitative estimate of drug-likeness (QED) is 0.834. The summed E-state index contributed by atoms with van der Waals surface area (Å²) in [6.07, 6.45) is 4.52. The van der Waals surface area contributed by atoms with Gasteiger partial charge in [-0.2, -0.15) is 4.99 Å². The second-order valence-electron chi connectivity index (χ2n) is 6.36. The molecule has 0 aromatic heterocycles. The number of hydrogen-bond acceptors (Lipinski definition) is 4. The minimum atomic E-state index is -0.180. The van der Waals surface area contributed by atoms with E-state index in [0.29, 0.717) is 5.84 Å². The van der Waals surface area contributed by atoms with Crippen LogP contribution in [-0.4, -0.2) is 30.9 Å². The number of thioether (sulfide) groups is 1. The lowest BCUT2D eigenvalue weighted by Gasteiger charge is -2.18. The number of hydrogen-bond donors (Lipinski definition) is 0. The molecule has 1 aromatic rings. The van der Waals surface area contributed by atoms with Gasteiger partial charge in [0.25, 0.3) is 5.91 Å². The summed E-state index contributed by atoms with van der Waals surface area (Å²) in [4.78, 5) is 25.0. The Balaban J connectivity index is 1.65. The summed E-state index contributed by atoms with van der Waals surface area (Å²) >= 11 is 1.71. The van der Waals surface area contributed by atoms with Crippen LogP contribution in [0.3, 0.4) is 0 Å². The number of allylic oxidation sites excluding steroid dienone is 1. The third kappa shape index (κ3) is 2.53. The Morgan fingerprint density at radius 1 is 1.09 bits per heavy atom. The van der Waals surface area contributed by atoms with Gasteiger partial charge in [0.05, 0.1) is 5.04 Å². The van der Waals surface area contributed by atoms with Crippen molar-refractivity contribution < 1.29 is 4.79 Å². The number of amidine groups is 1. The van der Waals surface area contributed by atoms with Gasteiger partial charge in [0, 0.05) is 25.3 Å². The molecule has 0 bridgehead atoms. The molecule has 118 valence electrons. The van der Waals surface area contributed by atoms with E-state index in [0.717, 1.165) is 29.1 Å². The first-order chi connectivity index (χ1) is 11.1. The minimum absolute atomic E-state index is 0.0407. The molecule has 2 aliphatic heterocycles. The van der Waals surface area contributed by atoms with Crippen LogP contribution in [0.1, 0.15) is 31.2 Å². The highest BCUT2D eigenvalue weighted by Gasteiger charge is 2.40. The molecule has 4 rings (SSSR count). The highest BCUT2D eigenvalue weighted by molar-refractivity contribution is 8.17. The summed E-state index contributed by atoms with van der Waals surface area (Å²) in [6, 6.07) is 8.02. The third-order valence-electron chi connectivity index (χ3n) is 4.60. The molecule has 1 aromatic carbocycles. The van der Waals surface area contributed by atoms with Gasteiger partial charge in [-0.25, -0.2) is 4.99 Å². The first-order valence-corrected chi connectivity index (χ1v) is 8.84. The van der Waals surface area contributed by atoms with Crippen LogP contribution in [0.15, 0.2) is 44.7 Å². The van der Waals surface area contributed by atoms with Crippen molar-refractivity contribution in [3.8, 4) is 0 Å².